The molecule has 0 saturated carbocycles. The quantitative estimate of drug-likeness (QED) is 0.695. The van der Waals surface area contributed by atoms with Gasteiger partial charge in [0.2, 0.25) is 11.8 Å². The van der Waals surface area contributed by atoms with Crippen molar-refractivity contribution in [2.45, 2.75) is 70.6 Å². The van der Waals surface area contributed by atoms with Gasteiger partial charge in [0.05, 0.1) is 5.69 Å². The smallest absolute Gasteiger partial charge is 0.233 e. The number of hydrogen-bond donors (Lipinski definition) is 0. The lowest BCUT2D eigenvalue weighted by Gasteiger charge is -2.21. The second-order valence-electron chi connectivity index (χ2n) is 6.14. The van der Waals surface area contributed by atoms with E-state index in [1.807, 2.05) is 30.3 Å². The van der Waals surface area contributed by atoms with E-state index in [4.69, 9.17) is 0 Å². The van der Waals surface area contributed by atoms with Crippen molar-refractivity contribution in [1.29, 1.82) is 0 Å². The van der Waals surface area contributed by atoms with Crippen LogP contribution in [0.4, 0.5) is 5.69 Å². The van der Waals surface area contributed by atoms with Crippen molar-refractivity contribution >= 4 is 17.5 Å². The van der Waals surface area contributed by atoms with Gasteiger partial charge in [0.15, 0.2) is 0 Å². The SMILES string of the molecule is O=C1CCCCCCCCCCCC(=O)N1c1ccccc1. The molecule has 1 saturated heterocycles. The number of amides is 2. The average Bonchev–Trinajstić information content (AvgIpc) is 2.53. The van der Waals surface area contributed by atoms with Crippen LogP contribution in [0, 0.1) is 0 Å². The van der Waals surface area contributed by atoms with Crippen molar-refractivity contribution in [1.82, 2.24) is 0 Å². The summed E-state index contributed by atoms with van der Waals surface area (Å²) in [6.07, 6.45) is 11.1. The summed E-state index contributed by atoms with van der Waals surface area (Å²) >= 11 is 0. The lowest BCUT2D eigenvalue weighted by Crippen LogP contribution is -2.36. The number of para-hydroxylation sites is 1. The zero-order valence-corrected chi connectivity index (χ0v) is 13.4. The molecule has 0 N–H and O–H groups in total. The first-order chi connectivity index (χ1) is 10.8. The van der Waals surface area contributed by atoms with E-state index in [9.17, 15) is 9.59 Å². The van der Waals surface area contributed by atoms with Crippen molar-refractivity contribution < 1.29 is 9.59 Å². The van der Waals surface area contributed by atoms with E-state index < -0.39 is 0 Å². The first-order valence-electron chi connectivity index (χ1n) is 8.70. The number of nitrogens with zero attached hydrogens (tertiary/aromatic N) is 1. The maximum absolute atomic E-state index is 12.5. The van der Waals surface area contributed by atoms with Crippen molar-refractivity contribution in [3.63, 3.8) is 0 Å². The van der Waals surface area contributed by atoms with Gasteiger partial charge in [-0.1, -0.05) is 63.1 Å². The van der Waals surface area contributed by atoms with Gasteiger partial charge in [-0.15, -0.1) is 0 Å². The third-order valence-corrected chi connectivity index (χ3v) is 4.29. The normalized spacial score (nSPS) is 19.7. The minimum atomic E-state index is -0.0479. The lowest BCUT2D eigenvalue weighted by molar-refractivity contribution is -0.126. The molecule has 1 aromatic carbocycles. The summed E-state index contributed by atoms with van der Waals surface area (Å²) in [7, 11) is 0. The molecule has 0 unspecified atom stereocenters. The van der Waals surface area contributed by atoms with Crippen LogP contribution in [0.3, 0.4) is 0 Å². The topological polar surface area (TPSA) is 37.4 Å². The molecule has 3 heteroatoms. The molecule has 0 spiro atoms. The van der Waals surface area contributed by atoms with Crippen LogP contribution in [0.5, 0.6) is 0 Å². The summed E-state index contributed by atoms with van der Waals surface area (Å²) in [6.45, 7) is 0. The Labute approximate surface area is 133 Å². The highest BCUT2D eigenvalue weighted by Crippen LogP contribution is 2.20. The number of rotatable bonds is 1. The van der Waals surface area contributed by atoms with Crippen LogP contribution in [0.1, 0.15) is 70.6 Å². The van der Waals surface area contributed by atoms with Gasteiger partial charge in [0.25, 0.3) is 0 Å². The maximum Gasteiger partial charge on any atom is 0.233 e. The highest BCUT2D eigenvalue weighted by atomic mass is 16.2. The second-order valence-corrected chi connectivity index (χ2v) is 6.14. The fraction of sp³-hybridized carbons (Fsp3) is 0.579. The van der Waals surface area contributed by atoms with E-state index in [0.29, 0.717) is 18.5 Å². The molecule has 2 amide bonds. The van der Waals surface area contributed by atoms with Crippen LogP contribution in [0.25, 0.3) is 0 Å². The monoisotopic (exact) mass is 301 g/mol. The number of anilines is 1. The van der Waals surface area contributed by atoms with Crippen LogP contribution < -0.4 is 4.90 Å². The van der Waals surface area contributed by atoms with E-state index >= 15 is 0 Å². The van der Waals surface area contributed by atoms with Gasteiger partial charge in [-0.2, -0.15) is 0 Å². The largest absolute Gasteiger partial charge is 0.274 e. The predicted octanol–water partition coefficient (Wildman–Crippen LogP) is 4.85. The third-order valence-electron chi connectivity index (χ3n) is 4.29. The summed E-state index contributed by atoms with van der Waals surface area (Å²) < 4.78 is 0. The molecule has 1 aliphatic heterocycles. The molecule has 22 heavy (non-hydrogen) atoms. The van der Waals surface area contributed by atoms with Crippen molar-refractivity contribution in [2.75, 3.05) is 4.90 Å². The summed E-state index contributed by atoms with van der Waals surface area (Å²) in [5, 5.41) is 0. The first kappa shape index (κ1) is 16.7. The predicted molar refractivity (Wildman–Crippen MR) is 89.7 cm³/mol. The number of carbonyl (C=O) groups excluding carboxylic acids is 2. The molecule has 1 heterocycles. The molecule has 0 atom stereocenters. The highest BCUT2D eigenvalue weighted by molar-refractivity contribution is 6.14. The number of carbonyl (C=O) groups is 2. The van der Waals surface area contributed by atoms with E-state index in [0.717, 1.165) is 25.7 Å². The summed E-state index contributed by atoms with van der Waals surface area (Å²) in [4.78, 5) is 26.4. The van der Waals surface area contributed by atoms with Crippen LogP contribution in [0.2, 0.25) is 0 Å². The van der Waals surface area contributed by atoms with Crippen molar-refractivity contribution in [3.8, 4) is 0 Å². The Morgan fingerprint density at radius 2 is 1.00 bits per heavy atom. The second kappa shape index (κ2) is 9.39. The van der Waals surface area contributed by atoms with Crippen LogP contribution in [0.15, 0.2) is 30.3 Å². The van der Waals surface area contributed by atoms with Crippen LogP contribution >= 0.6 is 0 Å². The molecule has 3 nitrogen and oxygen atoms in total. The van der Waals surface area contributed by atoms with Gasteiger partial charge in [0, 0.05) is 12.8 Å². The lowest BCUT2D eigenvalue weighted by atomic mass is 10.0. The number of benzene rings is 1. The molecule has 1 aliphatic rings. The average molecular weight is 301 g/mol. The van der Waals surface area contributed by atoms with Crippen molar-refractivity contribution in [2.24, 2.45) is 0 Å². The molecule has 1 aromatic rings. The van der Waals surface area contributed by atoms with Gasteiger partial charge in [0.1, 0.15) is 0 Å². The van der Waals surface area contributed by atoms with E-state index in [1.165, 1.54) is 37.0 Å². The highest BCUT2D eigenvalue weighted by Gasteiger charge is 2.22. The Balaban J connectivity index is 2.06. The molecular weight excluding hydrogens is 274 g/mol. The molecule has 0 aliphatic carbocycles. The van der Waals surface area contributed by atoms with E-state index in [2.05, 4.69) is 0 Å². The minimum Gasteiger partial charge on any atom is -0.274 e. The van der Waals surface area contributed by atoms with Crippen molar-refractivity contribution in [3.05, 3.63) is 30.3 Å². The first-order valence-corrected chi connectivity index (χ1v) is 8.70. The molecule has 0 radical (unpaired) electrons. The number of imide groups is 1. The fourth-order valence-electron chi connectivity index (χ4n) is 3.02. The maximum atomic E-state index is 12.5. The van der Waals surface area contributed by atoms with Gasteiger partial charge in [-0.3, -0.25) is 14.5 Å². The minimum absolute atomic E-state index is 0.0479. The fourth-order valence-corrected chi connectivity index (χ4v) is 3.02. The standard InChI is InChI=1S/C19H27NO2/c21-18-15-11-6-4-2-1-3-5-7-12-16-19(22)20(18)17-13-9-8-10-14-17/h8-10,13-14H,1-7,11-12,15-16H2. The van der Waals surface area contributed by atoms with E-state index in [-0.39, 0.29) is 11.8 Å². The number of hydrogen-bond acceptors (Lipinski definition) is 2. The Kier molecular flexibility index (Phi) is 7.14. The Morgan fingerprint density at radius 1 is 0.591 bits per heavy atom. The third kappa shape index (κ3) is 5.28. The summed E-state index contributed by atoms with van der Waals surface area (Å²) in [6, 6.07) is 9.35. The zero-order chi connectivity index (χ0) is 15.6. The molecule has 0 bridgehead atoms. The molecule has 0 aromatic heterocycles. The van der Waals surface area contributed by atoms with Gasteiger partial charge in [-0.05, 0) is 25.0 Å². The Hall–Kier alpha value is -1.64. The molecule has 120 valence electrons. The molecule has 1 fully saturated rings. The molecule has 2 rings (SSSR count). The van der Waals surface area contributed by atoms with Gasteiger partial charge in [-0.25, -0.2) is 0 Å². The van der Waals surface area contributed by atoms with E-state index in [1.54, 1.807) is 0 Å². The Bertz CT molecular complexity index is 446. The van der Waals surface area contributed by atoms with Crippen LogP contribution in [-0.2, 0) is 9.59 Å². The van der Waals surface area contributed by atoms with Gasteiger partial charge >= 0.3 is 0 Å². The Morgan fingerprint density at radius 3 is 1.45 bits per heavy atom. The van der Waals surface area contributed by atoms with Crippen LogP contribution in [-0.4, -0.2) is 11.8 Å². The molecular formula is C19H27NO2. The summed E-state index contributed by atoms with van der Waals surface area (Å²) in [5.41, 5.74) is 0.713. The zero-order valence-electron chi connectivity index (χ0n) is 13.4. The van der Waals surface area contributed by atoms with Gasteiger partial charge < -0.3 is 0 Å². The summed E-state index contributed by atoms with van der Waals surface area (Å²) in [5.74, 6) is -0.0958.